The van der Waals surface area contributed by atoms with Crippen molar-refractivity contribution >= 4 is 31.6 Å². The van der Waals surface area contributed by atoms with Gasteiger partial charge in [0.2, 0.25) is 0 Å². The fourth-order valence-corrected chi connectivity index (χ4v) is 1.98. The van der Waals surface area contributed by atoms with Crippen molar-refractivity contribution in [3.63, 3.8) is 0 Å². The van der Waals surface area contributed by atoms with E-state index < -0.39 is 9.84 Å². The molecule has 1 aromatic rings. The summed E-state index contributed by atoms with van der Waals surface area (Å²) in [6.07, 6.45) is 3.50. The first-order valence-electron chi connectivity index (χ1n) is 4.04. The largest absolute Gasteiger partial charge is 0.381 e. The third kappa shape index (κ3) is 3.67. The average Bonchev–Trinajstić information content (AvgIpc) is 2.28. The molecule has 0 saturated heterocycles. The van der Waals surface area contributed by atoms with Gasteiger partial charge in [-0.05, 0) is 22.4 Å². The Kier molecular flexibility index (Phi) is 3.54. The van der Waals surface area contributed by atoms with Crippen molar-refractivity contribution in [2.45, 2.75) is 13.0 Å². The summed E-state index contributed by atoms with van der Waals surface area (Å²) >= 11 is 3.22. The highest BCUT2D eigenvalue weighted by atomic mass is 79.9. The fourth-order valence-electron chi connectivity index (χ4n) is 1.02. The Morgan fingerprint density at radius 1 is 1.64 bits per heavy atom. The summed E-state index contributed by atoms with van der Waals surface area (Å²) in [5.74, 6) is 0.592. The standard InChI is InChI=1S/C7H12BrN3O2S/c1-14(12,13)4-2-3-11-5-6(8)7(9)10-11/h5H,2-4H2,1H3,(H2,9,10). The molecule has 0 amide bonds. The summed E-state index contributed by atoms with van der Waals surface area (Å²) in [4.78, 5) is 0. The number of rotatable bonds is 4. The van der Waals surface area contributed by atoms with Gasteiger partial charge in [-0.25, -0.2) is 8.42 Å². The van der Waals surface area contributed by atoms with Gasteiger partial charge in [-0.3, -0.25) is 4.68 Å². The van der Waals surface area contributed by atoms with E-state index in [1.807, 2.05) is 0 Å². The van der Waals surface area contributed by atoms with Crippen LogP contribution >= 0.6 is 15.9 Å². The molecule has 0 aromatic carbocycles. The Morgan fingerprint density at radius 3 is 2.71 bits per heavy atom. The number of anilines is 1. The van der Waals surface area contributed by atoms with Crippen LogP contribution in [0.5, 0.6) is 0 Å². The summed E-state index contributed by atoms with van der Waals surface area (Å²) in [6.45, 7) is 0.558. The van der Waals surface area contributed by atoms with Crippen LogP contribution in [0.3, 0.4) is 0 Å². The van der Waals surface area contributed by atoms with Gasteiger partial charge in [0.25, 0.3) is 0 Å². The van der Waals surface area contributed by atoms with Crippen LogP contribution in [0, 0.1) is 0 Å². The average molecular weight is 282 g/mol. The lowest BCUT2D eigenvalue weighted by atomic mass is 10.5. The molecule has 5 nitrogen and oxygen atoms in total. The van der Waals surface area contributed by atoms with E-state index in [9.17, 15) is 8.42 Å². The maximum atomic E-state index is 10.8. The van der Waals surface area contributed by atoms with E-state index in [1.54, 1.807) is 10.9 Å². The minimum atomic E-state index is -2.88. The van der Waals surface area contributed by atoms with E-state index >= 15 is 0 Å². The van der Waals surface area contributed by atoms with Gasteiger partial charge >= 0.3 is 0 Å². The van der Waals surface area contributed by atoms with Crippen LogP contribution < -0.4 is 5.73 Å². The second-order valence-corrected chi connectivity index (χ2v) is 6.22. The summed E-state index contributed by atoms with van der Waals surface area (Å²) in [5, 5.41) is 3.98. The van der Waals surface area contributed by atoms with Gasteiger partial charge in [-0.15, -0.1) is 0 Å². The van der Waals surface area contributed by atoms with Crippen molar-refractivity contribution in [1.29, 1.82) is 0 Å². The van der Waals surface area contributed by atoms with Gasteiger partial charge in [0.05, 0.1) is 10.2 Å². The topological polar surface area (TPSA) is 78.0 Å². The highest BCUT2D eigenvalue weighted by molar-refractivity contribution is 9.10. The smallest absolute Gasteiger partial charge is 0.159 e. The van der Waals surface area contributed by atoms with Gasteiger partial charge in [0.1, 0.15) is 9.84 Å². The predicted octanol–water partition coefficient (Wildman–Crippen LogP) is 0.662. The first kappa shape index (κ1) is 11.5. The number of nitrogens with two attached hydrogens (primary N) is 1. The van der Waals surface area contributed by atoms with Gasteiger partial charge in [-0.2, -0.15) is 5.10 Å². The van der Waals surface area contributed by atoms with Crippen LogP contribution in [-0.2, 0) is 16.4 Å². The highest BCUT2D eigenvalue weighted by Crippen LogP contribution is 2.16. The Labute approximate surface area is 91.3 Å². The summed E-state index contributed by atoms with van der Waals surface area (Å²) < 4.78 is 24.0. The Bertz CT molecular complexity index is 393. The second kappa shape index (κ2) is 4.31. The summed E-state index contributed by atoms with van der Waals surface area (Å²) in [7, 11) is -2.88. The van der Waals surface area contributed by atoms with E-state index in [-0.39, 0.29) is 5.75 Å². The third-order valence-electron chi connectivity index (χ3n) is 1.65. The molecule has 80 valence electrons. The van der Waals surface area contributed by atoms with Gasteiger partial charge in [0.15, 0.2) is 5.82 Å². The molecule has 1 heterocycles. The molecule has 0 atom stereocenters. The number of sulfone groups is 1. The zero-order valence-corrected chi connectivity index (χ0v) is 10.2. The molecule has 0 spiro atoms. The number of hydrogen-bond acceptors (Lipinski definition) is 4. The summed E-state index contributed by atoms with van der Waals surface area (Å²) in [6, 6.07) is 0. The predicted molar refractivity (Wildman–Crippen MR) is 58.7 cm³/mol. The Balaban J connectivity index is 2.47. The lowest BCUT2D eigenvalue weighted by Crippen LogP contribution is -2.07. The van der Waals surface area contributed by atoms with Crippen molar-refractivity contribution in [3.05, 3.63) is 10.7 Å². The first-order chi connectivity index (χ1) is 6.38. The maximum Gasteiger partial charge on any atom is 0.159 e. The van der Waals surface area contributed by atoms with Crippen LogP contribution in [0.15, 0.2) is 10.7 Å². The SMILES string of the molecule is CS(=O)(=O)CCCn1cc(Br)c(N)n1. The van der Waals surface area contributed by atoms with Gasteiger partial charge in [-0.1, -0.05) is 0 Å². The van der Waals surface area contributed by atoms with Crippen LogP contribution in [0.1, 0.15) is 6.42 Å². The second-order valence-electron chi connectivity index (χ2n) is 3.11. The molecule has 0 unspecified atom stereocenters. The van der Waals surface area contributed by atoms with Crippen molar-refractivity contribution in [3.8, 4) is 0 Å². The van der Waals surface area contributed by atoms with Gasteiger partial charge in [0, 0.05) is 19.0 Å². The van der Waals surface area contributed by atoms with E-state index in [2.05, 4.69) is 21.0 Å². The van der Waals surface area contributed by atoms with Crippen LogP contribution in [0.2, 0.25) is 0 Å². The molecule has 0 saturated carbocycles. The minimum absolute atomic E-state index is 0.171. The molecule has 2 N–H and O–H groups in total. The molecule has 14 heavy (non-hydrogen) atoms. The Morgan fingerprint density at radius 2 is 2.29 bits per heavy atom. The number of aromatic nitrogens is 2. The molecule has 7 heteroatoms. The zero-order valence-electron chi connectivity index (χ0n) is 7.77. The third-order valence-corrected chi connectivity index (χ3v) is 3.29. The van der Waals surface area contributed by atoms with E-state index in [1.165, 1.54) is 6.26 Å². The molecular formula is C7H12BrN3O2S. The van der Waals surface area contributed by atoms with Crippen LogP contribution in [-0.4, -0.2) is 30.2 Å². The van der Waals surface area contributed by atoms with Gasteiger partial charge < -0.3 is 5.73 Å². The van der Waals surface area contributed by atoms with Crippen LogP contribution in [0.4, 0.5) is 5.82 Å². The maximum absolute atomic E-state index is 10.8. The minimum Gasteiger partial charge on any atom is -0.381 e. The quantitative estimate of drug-likeness (QED) is 0.880. The molecule has 0 bridgehead atoms. The molecular weight excluding hydrogens is 270 g/mol. The van der Waals surface area contributed by atoms with Crippen molar-refractivity contribution in [1.82, 2.24) is 9.78 Å². The van der Waals surface area contributed by atoms with Crippen molar-refractivity contribution in [2.75, 3.05) is 17.7 Å². The van der Waals surface area contributed by atoms with E-state index in [0.717, 1.165) is 4.47 Å². The normalized spacial score (nSPS) is 11.9. The zero-order chi connectivity index (χ0) is 10.8. The number of halogens is 1. The molecule has 0 fully saturated rings. The van der Waals surface area contributed by atoms with E-state index in [0.29, 0.717) is 18.8 Å². The number of nitrogen functional groups attached to an aromatic ring is 1. The molecule has 0 aliphatic carbocycles. The number of aryl methyl sites for hydroxylation is 1. The first-order valence-corrected chi connectivity index (χ1v) is 6.90. The van der Waals surface area contributed by atoms with Crippen LogP contribution in [0.25, 0.3) is 0 Å². The number of hydrogen-bond donors (Lipinski definition) is 1. The molecule has 0 radical (unpaired) electrons. The lowest BCUT2D eigenvalue weighted by molar-refractivity contribution is 0.577. The monoisotopic (exact) mass is 281 g/mol. The molecule has 0 aliphatic heterocycles. The Hall–Kier alpha value is -0.560. The molecule has 0 aliphatic rings. The molecule has 1 rings (SSSR count). The van der Waals surface area contributed by atoms with Crippen molar-refractivity contribution in [2.24, 2.45) is 0 Å². The number of nitrogens with zero attached hydrogens (tertiary/aromatic N) is 2. The fraction of sp³-hybridized carbons (Fsp3) is 0.571. The van der Waals surface area contributed by atoms with Crippen molar-refractivity contribution < 1.29 is 8.42 Å². The van der Waals surface area contributed by atoms with E-state index in [4.69, 9.17) is 5.73 Å². The molecule has 1 aromatic heterocycles. The summed E-state index contributed by atoms with van der Waals surface area (Å²) in [5.41, 5.74) is 5.50. The lowest BCUT2D eigenvalue weighted by Gasteiger charge is -1.99. The highest BCUT2D eigenvalue weighted by Gasteiger charge is 2.04.